The van der Waals surface area contributed by atoms with Crippen molar-refractivity contribution in [3.05, 3.63) is 30.1 Å². The zero-order chi connectivity index (χ0) is 12.0. The summed E-state index contributed by atoms with van der Waals surface area (Å²) in [7, 11) is 0. The summed E-state index contributed by atoms with van der Waals surface area (Å²) in [6.07, 6.45) is 2.89. The van der Waals surface area contributed by atoms with E-state index in [1.807, 2.05) is 39.0 Å². The number of aliphatic imine (C=N–C) groups is 1. The monoisotopic (exact) mass is 220 g/mol. The molecule has 1 aromatic rings. The molecule has 0 unspecified atom stereocenters. The first-order valence-corrected chi connectivity index (χ1v) is 5.10. The average molecular weight is 220 g/mol. The summed E-state index contributed by atoms with van der Waals surface area (Å²) >= 11 is 0. The number of hydrogen-bond acceptors (Lipinski definition) is 4. The number of hydrogen-bond donors (Lipinski definition) is 0. The molecule has 0 atom stereocenters. The zero-order valence-corrected chi connectivity index (χ0v) is 9.80. The fraction of sp³-hybridized carbons (Fsp3) is 0.417. The molecule has 1 aromatic heterocycles. The second-order valence-corrected chi connectivity index (χ2v) is 4.32. The molecular formula is C12H16N2O2. The maximum atomic E-state index is 11.3. The molecule has 1 heterocycles. The van der Waals surface area contributed by atoms with Gasteiger partial charge in [-0.25, -0.2) is 4.79 Å². The van der Waals surface area contributed by atoms with Crippen LogP contribution in [0.5, 0.6) is 0 Å². The lowest BCUT2D eigenvalue weighted by molar-refractivity contribution is -0.145. The number of esters is 1. The van der Waals surface area contributed by atoms with Crippen molar-refractivity contribution in [3.63, 3.8) is 0 Å². The lowest BCUT2D eigenvalue weighted by Crippen LogP contribution is -2.24. The van der Waals surface area contributed by atoms with E-state index in [9.17, 15) is 4.79 Å². The van der Waals surface area contributed by atoms with Crippen LogP contribution in [0.1, 0.15) is 26.5 Å². The fourth-order valence-corrected chi connectivity index (χ4v) is 1.03. The van der Waals surface area contributed by atoms with E-state index in [4.69, 9.17) is 4.74 Å². The van der Waals surface area contributed by atoms with Gasteiger partial charge >= 0.3 is 5.97 Å². The smallest absolute Gasteiger partial charge is 0.349 e. The first-order chi connectivity index (χ1) is 7.47. The Balaban J connectivity index is 2.41. The van der Waals surface area contributed by atoms with Crippen LogP contribution in [0.15, 0.2) is 29.4 Å². The number of carbonyl (C=O) groups is 1. The number of pyridine rings is 1. The van der Waals surface area contributed by atoms with Crippen LogP contribution < -0.4 is 0 Å². The minimum Gasteiger partial charge on any atom is -0.456 e. The van der Waals surface area contributed by atoms with Crippen LogP contribution in [0, 0.1) is 0 Å². The average Bonchev–Trinajstić information content (AvgIpc) is 2.16. The Bertz CT molecular complexity index is 366. The molecule has 0 radical (unpaired) electrons. The Morgan fingerprint density at radius 1 is 1.50 bits per heavy atom. The highest BCUT2D eigenvalue weighted by Gasteiger charge is 2.14. The normalized spacial score (nSPS) is 11.7. The van der Waals surface area contributed by atoms with Gasteiger partial charge in [-0.2, -0.15) is 0 Å². The standard InChI is InChI=1S/C12H16N2O2/c1-12(2,3)16-11(15)9-13-8-10-6-4-5-7-14-10/h4-7,9H,8H2,1-3H3. The number of nitrogens with zero attached hydrogens (tertiary/aromatic N) is 2. The van der Waals surface area contributed by atoms with Gasteiger partial charge in [0.1, 0.15) is 11.8 Å². The quantitative estimate of drug-likeness (QED) is 0.578. The molecule has 0 amide bonds. The summed E-state index contributed by atoms with van der Waals surface area (Å²) in [6.45, 7) is 5.84. The summed E-state index contributed by atoms with van der Waals surface area (Å²) in [5, 5.41) is 0. The predicted octanol–water partition coefficient (Wildman–Crippen LogP) is 1.99. The van der Waals surface area contributed by atoms with Crippen molar-refractivity contribution >= 4 is 12.2 Å². The molecule has 86 valence electrons. The van der Waals surface area contributed by atoms with Gasteiger partial charge in [-0.3, -0.25) is 9.98 Å². The van der Waals surface area contributed by atoms with Crippen molar-refractivity contribution in [2.45, 2.75) is 32.9 Å². The molecule has 0 aromatic carbocycles. The molecule has 4 nitrogen and oxygen atoms in total. The summed E-state index contributed by atoms with van der Waals surface area (Å²) in [5.74, 6) is -0.427. The minimum absolute atomic E-state index is 0.389. The minimum atomic E-state index is -0.478. The van der Waals surface area contributed by atoms with Crippen LogP contribution in [0.3, 0.4) is 0 Å². The summed E-state index contributed by atoms with van der Waals surface area (Å²) in [4.78, 5) is 19.3. The van der Waals surface area contributed by atoms with Crippen LogP contribution in [0.4, 0.5) is 0 Å². The molecule has 0 spiro atoms. The topological polar surface area (TPSA) is 51.5 Å². The van der Waals surface area contributed by atoms with Crippen LogP contribution in [-0.2, 0) is 16.1 Å². The number of rotatable bonds is 3. The van der Waals surface area contributed by atoms with Crippen LogP contribution in [-0.4, -0.2) is 22.8 Å². The fourth-order valence-electron chi connectivity index (χ4n) is 1.03. The summed E-state index contributed by atoms with van der Waals surface area (Å²) in [6, 6.07) is 5.57. The van der Waals surface area contributed by atoms with Crippen molar-refractivity contribution in [2.24, 2.45) is 4.99 Å². The lowest BCUT2D eigenvalue weighted by Gasteiger charge is -2.17. The predicted molar refractivity (Wildman–Crippen MR) is 62.3 cm³/mol. The molecule has 4 heteroatoms. The van der Waals surface area contributed by atoms with E-state index >= 15 is 0 Å². The molecule has 0 bridgehead atoms. The van der Waals surface area contributed by atoms with Gasteiger partial charge in [0.05, 0.1) is 12.2 Å². The Morgan fingerprint density at radius 3 is 2.81 bits per heavy atom. The highest BCUT2D eigenvalue weighted by atomic mass is 16.6. The Hall–Kier alpha value is -1.71. The maximum absolute atomic E-state index is 11.3. The SMILES string of the molecule is CC(C)(C)OC(=O)C=NCc1ccccn1. The van der Waals surface area contributed by atoms with E-state index in [-0.39, 0.29) is 0 Å². The molecule has 1 rings (SSSR count). The highest BCUT2D eigenvalue weighted by molar-refractivity contribution is 6.23. The Labute approximate surface area is 95.4 Å². The van der Waals surface area contributed by atoms with E-state index in [0.717, 1.165) is 5.69 Å². The van der Waals surface area contributed by atoms with E-state index in [1.54, 1.807) is 6.20 Å². The van der Waals surface area contributed by atoms with E-state index < -0.39 is 11.6 Å². The van der Waals surface area contributed by atoms with E-state index in [1.165, 1.54) is 6.21 Å². The van der Waals surface area contributed by atoms with Gasteiger partial charge < -0.3 is 4.74 Å². The molecular weight excluding hydrogens is 204 g/mol. The number of carbonyl (C=O) groups excluding carboxylic acids is 1. The largest absolute Gasteiger partial charge is 0.456 e. The Kier molecular flexibility index (Phi) is 4.17. The van der Waals surface area contributed by atoms with Crippen molar-refractivity contribution in [2.75, 3.05) is 0 Å². The van der Waals surface area contributed by atoms with E-state index in [0.29, 0.717) is 6.54 Å². The van der Waals surface area contributed by atoms with Crippen LogP contribution in [0.2, 0.25) is 0 Å². The number of ether oxygens (including phenoxy) is 1. The van der Waals surface area contributed by atoms with Crippen molar-refractivity contribution < 1.29 is 9.53 Å². The molecule has 0 aliphatic carbocycles. The molecule has 0 N–H and O–H groups in total. The Morgan fingerprint density at radius 2 is 2.25 bits per heavy atom. The van der Waals surface area contributed by atoms with Gasteiger partial charge in [0, 0.05) is 6.20 Å². The van der Waals surface area contributed by atoms with Crippen molar-refractivity contribution in [1.82, 2.24) is 4.98 Å². The second kappa shape index (κ2) is 5.39. The second-order valence-electron chi connectivity index (χ2n) is 4.32. The first kappa shape index (κ1) is 12.4. The van der Waals surface area contributed by atoms with Crippen molar-refractivity contribution in [1.29, 1.82) is 0 Å². The van der Waals surface area contributed by atoms with Gasteiger partial charge in [0.25, 0.3) is 0 Å². The molecule has 0 fully saturated rings. The summed E-state index contributed by atoms with van der Waals surface area (Å²) < 4.78 is 5.07. The molecule has 0 aliphatic heterocycles. The van der Waals surface area contributed by atoms with Crippen molar-refractivity contribution in [3.8, 4) is 0 Å². The van der Waals surface area contributed by atoms with Gasteiger partial charge in [-0.15, -0.1) is 0 Å². The molecule has 0 saturated carbocycles. The third-order valence-electron chi connectivity index (χ3n) is 1.58. The molecule has 0 saturated heterocycles. The van der Waals surface area contributed by atoms with E-state index in [2.05, 4.69) is 9.98 Å². The maximum Gasteiger partial charge on any atom is 0.349 e. The lowest BCUT2D eigenvalue weighted by atomic mass is 10.2. The van der Waals surface area contributed by atoms with Gasteiger partial charge in [0.15, 0.2) is 0 Å². The molecule has 0 aliphatic rings. The van der Waals surface area contributed by atoms with Gasteiger partial charge in [0.2, 0.25) is 0 Å². The third kappa shape index (κ3) is 5.24. The van der Waals surface area contributed by atoms with Gasteiger partial charge in [-0.05, 0) is 32.9 Å². The third-order valence-corrected chi connectivity index (χ3v) is 1.58. The number of aromatic nitrogens is 1. The summed E-state index contributed by atoms with van der Waals surface area (Å²) in [5.41, 5.74) is 0.344. The molecule has 16 heavy (non-hydrogen) atoms. The van der Waals surface area contributed by atoms with Gasteiger partial charge in [-0.1, -0.05) is 6.07 Å². The highest BCUT2D eigenvalue weighted by Crippen LogP contribution is 2.05. The zero-order valence-electron chi connectivity index (χ0n) is 9.80. The van der Waals surface area contributed by atoms with Crippen LogP contribution >= 0.6 is 0 Å². The van der Waals surface area contributed by atoms with Crippen LogP contribution in [0.25, 0.3) is 0 Å². The first-order valence-electron chi connectivity index (χ1n) is 5.10.